The average molecular weight is 209 g/mol. The van der Waals surface area contributed by atoms with Crippen LogP contribution in [0.4, 0.5) is 0 Å². The highest BCUT2D eigenvalue weighted by Crippen LogP contribution is 2.38. The van der Waals surface area contributed by atoms with E-state index in [1.807, 2.05) is 6.07 Å². The van der Waals surface area contributed by atoms with Gasteiger partial charge in [-0.25, -0.2) is 9.97 Å². The fourth-order valence-electron chi connectivity index (χ4n) is 1.71. The van der Waals surface area contributed by atoms with Gasteiger partial charge in [-0.15, -0.1) is 0 Å². The van der Waals surface area contributed by atoms with Crippen molar-refractivity contribution in [2.75, 3.05) is 0 Å². The van der Waals surface area contributed by atoms with Crippen molar-refractivity contribution in [3.63, 3.8) is 0 Å². The van der Waals surface area contributed by atoms with Gasteiger partial charge in [0.25, 0.3) is 0 Å². The van der Waals surface area contributed by atoms with E-state index >= 15 is 0 Å². The molecule has 3 nitrogen and oxygen atoms in total. The zero-order valence-corrected chi connectivity index (χ0v) is 8.29. The predicted molar refractivity (Wildman–Crippen MR) is 53.4 cm³/mol. The quantitative estimate of drug-likeness (QED) is 0.723. The molecule has 0 radical (unpaired) electrons. The smallest absolute Gasteiger partial charge is 0.245 e. The van der Waals surface area contributed by atoms with Crippen LogP contribution in [-0.4, -0.2) is 9.97 Å². The van der Waals surface area contributed by atoms with Crippen molar-refractivity contribution in [3.05, 3.63) is 23.2 Å². The largest absolute Gasteiger partial charge is 0.441 e. The van der Waals surface area contributed by atoms with Gasteiger partial charge in [0.05, 0.1) is 6.20 Å². The summed E-state index contributed by atoms with van der Waals surface area (Å²) in [6, 6.07) is 1.96. The van der Waals surface area contributed by atoms with Crippen molar-refractivity contribution in [1.82, 2.24) is 9.97 Å². The minimum atomic E-state index is 0.415. The normalized spacial score (nSPS) is 17.2. The first-order chi connectivity index (χ1) is 6.83. The van der Waals surface area contributed by atoms with Gasteiger partial charge in [0, 0.05) is 12.0 Å². The molecule has 0 aromatic carbocycles. The number of hydrogen-bond acceptors (Lipinski definition) is 3. The predicted octanol–water partition coefficient (Wildman–Crippen LogP) is 3.14. The van der Waals surface area contributed by atoms with Gasteiger partial charge in [0.2, 0.25) is 5.71 Å². The molecule has 1 aliphatic carbocycles. The second-order valence-electron chi connectivity index (χ2n) is 3.66. The summed E-state index contributed by atoms with van der Waals surface area (Å²) >= 11 is 5.74. The van der Waals surface area contributed by atoms with Gasteiger partial charge in [-0.05, 0) is 12.8 Å². The van der Waals surface area contributed by atoms with Crippen LogP contribution in [0.2, 0.25) is 5.15 Å². The van der Waals surface area contributed by atoms with Gasteiger partial charge < -0.3 is 4.42 Å². The van der Waals surface area contributed by atoms with E-state index < -0.39 is 0 Å². The minimum Gasteiger partial charge on any atom is -0.441 e. The van der Waals surface area contributed by atoms with Crippen molar-refractivity contribution in [2.24, 2.45) is 0 Å². The average Bonchev–Trinajstić information content (AvgIpc) is 2.43. The van der Waals surface area contributed by atoms with Crippen LogP contribution in [0.1, 0.15) is 30.9 Å². The van der Waals surface area contributed by atoms with Crippen LogP contribution in [0.15, 0.2) is 16.7 Å². The first-order valence-corrected chi connectivity index (χ1v) is 5.13. The van der Waals surface area contributed by atoms with Crippen LogP contribution in [0.3, 0.4) is 0 Å². The third-order valence-corrected chi connectivity index (χ3v) is 2.92. The zero-order chi connectivity index (χ0) is 9.54. The highest BCUT2D eigenvalue weighted by atomic mass is 35.5. The van der Waals surface area contributed by atoms with Crippen molar-refractivity contribution < 1.29 is 4.42 Å². The van der Waals surface area contributed by atoms with Crippen LogP contribution in [0.25, 0.3) is 11.2 Å². The molecule has 72 valence electrons. The number of furan rings is 1. The van der Waals surface area contributed by atoms with E-state index in [0.717, 1.165) is 11.3 Å². The van der Waals surface area contributed by atoms with Gasteiger partial charge in [0.1, 0.15) is 16.4 Å². The van der Waals surface area contributed by atoms with E-state index in [1.165, 1.54) is 25.5 Å². The van der Waals surface area contributed by atoms with E-state index in [0.29, 0.717) is 16.8 Å². The van der Waals surface area contributed by atoms with Crippen LogP contribution >= 0.6 is 11.6 Å². The van der Waals surface area contributed by atoms with E-state index in [2.05, 4.69) is 9.97 Å². The summed E-state index contributed by atoms with van der Waals surface area (Å²) in [5, 5.41) is 0.415. The summed E-state index contributed by atoms with van der Waals surface area (Å²) in [4.78, 5) is 8.23. The summed E-state index contributed by atoms with van der Waals surface area (Å²) in [7, 11) is 0. The van der Waals surface area contributed by atoms with Crippen molar-refractivity contribution in [1.29, 1.82) is 0 Å². The maximum Gasteiger partial charge on any atom is 0.245 e. The lowest BCUT2D eigenvalue weighted by Crippen LogP contribution is -2.07. The van der Waals surface area contributed by atoms with E-state index in [-0.39, 0.29) is 0 Å². The molecule has 2 aromatic rings. The molecule has 0 spiro atoms. The van der Waals surface area contributed by atoms with E-state index in [9.17, 15) is 0 Å². The number of aromatic nitrogens is 2. The van der Waals surface area contributed by atoms with E-state index in [4.69, 9.17) is 16.0 Å². The van der Waals surface area contributed by atoms with E-state index in [1.54, 1.807) is 0 Å². The number of rotatable bonds is 1. The molecule has 3 rings (SSSR count). The Bertz CT molecular complexity index is 476. The van der Waals surface area contributed by atoms with Gasteiger partial charge in [-0.1, -0.05) is 18.0 Å². The second-order valence-corrected chi connectivity index (χ2v) is 4.05. The minimum absolute atomic E-state index is 0.415. The molecule has 0 saturated heterocycles. The molecule has 0 amide bonds. The monoisotopic (exact) mass is 208 g/mol. The molecule has 14 heavy (non-hydrogen) atoms. The molecule has 0 N–H and O–H groups in total. The van der Waals surface area contributed by atoms with Gasteiger partial charge >= 0.3 is 0 Å². The highest BCUT2D eigenvalue weighted by Gasteiger charge is 2.23. The molecule has 1 aliphatic rings. The SMILES string of the molecule is Clc1cnc2oc(C3CCC3)cc2n1. The first-order valence-electron chi connectivity index (χ1n) is 4.75. The molecule has 2 aromatic heterocycles. The summed E-state index contributed by atoms with van der Waals surface area (Å²) in [6.07, 6.45) is 5.24. The Hall–Kier alpha value is -1.09. The molecule has 4 heteroatoms. The van der Waals surface area contributed by atoms with Crippen LogP contribution in [-0.2, 0) is 0 Å². The Morgan fingerprint density at radius 1 is 1.43 bits per heavy atom. The van der Waals surface area contributed by atoms with Crippen LogP contribution in [0.5, 0.6) is 0 Å². The topological polar surface area (TPSA) is 38.9 Å². The van der Waals surface area contributed by atoms with Gasteiger partial charge in [-0.2, -0.15) is 0 Å². The third-order valence-electron chi connectivity index (χ3n) is 2.74. The molecular formula is C10H9ClN2O. The second kappa shape index (κ2) is 2.95. The maximum atomic E-state index is 5.74. The molecule has 2 heterocycles. The Morgan fingerprint density at radius 2 is 2.29 bits per heavy atom. The fraction of sp³-hybridized carbons (Fsp3) is 0.400. The summed E-state index contributed by atoms with van der Waals surface area (Å²) in [6.45, 7) is 0. The molecule has 0 atom stereocenters. The van der Waals surface area contributed by atoms with Gasteiger partial charge in [0.15, 0.2) is 0 Å². The lowest BCUT2D eigenvalue weighted by molar-refractivity contribution is 0.354. The zero-order valence-electron chi connectivity index (χ0n) is 7.53. The van der Waals surface area contributed by atoms with Gasteiger partial charge in [-0.3, -0.25) is 0 Å². The molecule has 1 fully saturated rings. The molecule has 0 aliphatic heterocycles. The summed E-state index contributed by atoms with van der Waals surface area (Å²) < 4.78 is 5.59. The van der Waals surface area contributed by atoms with Crippen molar-refractivity contribution in [3.8, 4) is 0 Å². The fourth-order valence-corrected chi connectivity index (χ4v) is 1.85. The summed E-state index contributed by atoms with van der Waals surface area (Å²) in [5.41, 5.74) is 1.36. The lowest BCUT2D eigenvalue weighted by Gasteiger charge is -2.22. The number of hydrogen-bond donors (Lipinski definition) is 0. The first kappa shape index (κ1) is 8.24. The molecule has 1 saturated carbocycles. The van der Waals surface area contributed by atoms with Crippen molar-refractivity contribution >= 4 is 22.8 Å². The molecule has 0 unspecified atom stereocenters. The summed E-state index contributed by atoms with van der Waals surface area (Å²) in [5.74, 6) is 1.58. The maximum absolute atomic E-state index is 5.74. The van der Waals surface area contributed by atoms with Crippen LogP contribution < -0.4 is 0 Å². The lowest BCUT2D eigenvalue weighted by atomic mass is 9.84. The Labute approximate surface area is 86.1 Å². The standard InChI is InChI=1S/C10H9ClN2O/c11-9-5-12-10-7(13-9)4-8(14-10)6-2-1-3-6/h4-6H,1-3H2. The third kappa shape index (κ3) is 1.20. The Morgan fingerprint density at radius 3 is 3.00 bits per heavy atom. The van der Waals surface area contributed by atoms with Crippen LogP contribution in [0, 0.1) is 0 Å². The van der Waals surface area contributed by atoms with Crippen molar-refractivity contribution in [2.45, 2.75) is 25.2 Å². The highest BCUT2D eigenvalue weighted by molar-refractivity contribution is 6.29. The molecule has 0 bridgehead atoms. The Balaban J connectivity index is 2.10. The number of nitrogens with zero attached hydrogens (tertiary/aromatic N) is 2. The molecular weight excluding hydrogens is 200 g/mol. The Kier molecular flexibility index (Phi) is 1.74. The number of fused-ring (bicyclic) bond motifs is 1. The number of halogens is 1.